The molecule has 1 aromatic heterocycles. The van der Waals surface area contributed by atoms with Gasteiger partial charge in [0.2, 0.25) is 0 Å². The van der Waals surface area contributed by atoms with Crippen molar-refractivity contribution in [2.45, 2.75) is 38.0 Å². The molecule has 0 bridgehead atoms. The Bertz CT molecular complexity index is 901. The van der Waals surface area contributed by atoms with Crippen molar-refractivity contribution < 1.29 is 27.1 Å². The van der Waals surface area contributed by atoms with Crippen LogP contribution in [0.25, 0.3) is 0 Å². The molecular weight excluding hydrogens is 358 g/mol. The Balaban J connectivity index is 1.97. The maximum atomic E-state index is 13.4. The van der Waals surface area contributed by atoms with E-state index in [9.17, 15) is 27.2 Å². The third-order valence-electron chi connectivity index (χ3n) is 4.27. The summed E-state index contributed by atoms with van der Waals surface area (Å²) >= 11 is 0. The fraction of sp³-hybridized carbons (Fsp3) is 0.438. The third-order valence-corrected chi connectivity index (χ3v) is 4.27. The average Bonchev–Trinajstić information content (AvgIpc) is 2.91. The molecule has 0 N–H and O–H groups in total. The van der Waals surface area contributed by atoms with Crippen LogP contribution in [-0.2, 0) is 28.7 Å². The molecule has 0 aliphatic carbocycles. The first-order chi connectivity index (χ1) is 12.2. The number of rotatable bonds is 3. The molecule has 0 radical (unpaired) electrons. The molecule has 26 heavy (non-hydrogen) atoms. The topological polar surface area (TPSA) is 66.1 Å². The molecule has 140 valence electrons. The summed E-state index contributed by atoms with van der Waals surface area (Å²) in [6.07, 6.45) is -3.33. The second-order valence-electron chi connectivity index (χ2n) is 5.97. The van der Waals surface area contributed by atoms with Crippen LogP contribution in [0.4, 0.5) is 17.6 Å². The highest BCUT2D eigenvalue weighted by molar-refractivity contribution is 5.74. The first kappa shape index (κ1) is 18.2. The molecule has 0 spiro atoms. The quantitative estimate of drug-likeness (QED) is 0.612. The number of carbonyl (C=O) groups is 1. The normalized spacial score (nSPS) is 17.0. The summed E-state index contributed by atoms with van der Waals surface area (Å²) in [5.41, 5.74) is -1.95. The summed E-state index contributed by atoms with van der Waals surface area (Å²) in [6.45, 7) is -0.268. The minimum absolute atomic E-state index is 0.0749. The maximum absolute atomic E-state index is 13.4. The van der Waals surface area contributed by atoms with E-state index in [4.69, 9.17) is 4.74 Å². The summed E-state index contributed by atoms with van der Waals surface area (Å²) in [5, 5.41) is 4.11. The van der Waals surface area contributed by atoms with Crippen LogP contribution in [0.3, 0.4) is 0 Å². The van der Waals surface area contributed by atoms with Crippen molar-refractivity contribution in [2.75, 3.05) is 7.11 Å². The number of ether oxygens (including phenoxy) is 1. The third kappa shape index (κ3) is 3.23. The zero-order valence-electron chi connectivity index (χ0n) is 13.7. The first-order valence-corrected chi connectivity index (χ1v) is 7.84. The molecule has 1 aromatic carbocycles. The van der Waals surface area contributed by atoms with Gasteiger partial charge in [0.25, 0.3) is 0 Å². The van der Waals surface area contributed by atoms with E-state index >= 15 is 0 Å². The number of benzene rings is 1. The fourth-order valence-corrected chi connectivity index (χ4v) is 3.05. The predicted molar refractivity (Wildman–Crippen MR) is 81.0 cm³/mol. The molecule has 1 aliphatic heterocycles. The van der Waals surface area contributed by atoms with E-state index in [1.807, 2.05) is 0 Å². The van der Waals surface area contributed by atoms with Crippen LogP contribution in [0.1, 0.15) is 35.8 Å². The number of hydrogen-bond donors (Lipinski definition) is 0. The van der Waals surface area contributed by atoms with E-state index in [1.54, 1.807) is 0 Å². The smallest absolute Gasteiger partial charge is 0.419 e. The van der Waals surface area contributed by atoms with Crippen LogP contribution >= 0.6 is 0 Å². The minimum Gasteiger partial charge on any atom is -0.467 e. The van der Waals surface area contributed by atoms with Gasteiger partial charge in [-0.1, -0.05) is 6.07 Å². The second-order valence-corrected chi connectivity index (χ2v) is 5.97. The SMILES string of the molecule is COC(=O)[C@H]1CCCc2nn(Cc3ccc(F)c(C(F)(F)F)c3)c(=O)n21. The van der Waals surface area contributed by atoms with Gasteiger partial charge in [0, 0.05) is 6.42 Å². The van der Waals surface area contributed by atoms with Crippen molar-refractivity contribution >= 4 is 5.97 Å². The van der Waals surface area contributed by atoms with Crippen molar-refractivity contribution in [1.29, 1.82) is 0 Å². The van der Waals surface area contributed by atoms with Crippen molar-refractivity contribution in [3.8, 4) is 0 Å². The predicted octanol–water partition coefficient (Wildman–Crippen LogP) is 2.30. The number of alkyl halides is 3. The van der Waals surface area contributed by atoms with E-state index in [0.29, 0.717) is 37.2 Å². The standard InChI is InChI=1S/C16H15F4N3O3/c1-26-14(24)12-3-2-4-13-21-22(15(25)23(12)13)8-9-5-6-11(17)10(7-9)16(18,19)20/h5-7,12H,2-4,8H2,1H3/t12-/m1/s1. The van der Waals surface area contributed by atoms with Gasteiger partial charge in [0.05, 0.1) is 19.2 Å². The lowest BCUT2D eigenvalue weighted by Gasteiger charge is -2.20. The lowest BCUT2D eigenvalue weighted by atomic mass is 10.1. The number of aryl methyl sites for hydroxylation is 1. The van der Waals surface area contributed by atoms with E-state index in [2.05, 4.69) is 5.10 Å². The van der Waals surface area contributed by atoms with Crippen LogP contribution in [0.5, 0.6) is 0 Å². The Morgan fingerprint density at radius 1 is 1.38 bits per heavy atom. The molecule has 0 amide bonds. The summed E-state index contributed by atoms with van der Waals surface area (Å²) < 4.78 is 58.8. The molecule has 10 heteroatoms. The Labute approximate surface area is 145 Å². The Morgan fingerprint density at radius 3 is 2.77 bits per heavy atom. The molecular formula is C16H15F4N3O3. The number of esters is 1. The molecule has 0 saturated carbocycles. The van der Waals surface area contributed by atoms with Gasteiger partial charge in [-0.15, -0.1) is 0 Å². The van der Waals surface area contributed by atoms with E-state index in [1.165, 1.54) is 11.7 Å². The lowest BCUT2D eigenvalue weighted by Crippen LogP contribution is -2.35. The van der Waals surface area contributed by atoms with Crippen molar-refractivity contribution in [2.24, 2.45) is 0 Å². The Hall–Kier alpha value is -2.65. The number of nitrogens with zero attached hydrogens (tertiary/aromatic N) is 3. The van der Waals surface area contributed by atoms with Crippen LogP contribution in [0.15, 0.2) is 23.0 Å². The lowest BCUT2D eigenvalue weighted by molar-refractivity contribution is -0.145. The van der Waals surface area contributed by atoms with Crippen molar-refractivity contribution in [3.63, 3.8) is 0 Å². The van der Waals surface area contributed by atoms with Gasteiger partial charge < -0.3 is 4.74 Å². The summed E-state index contributed by atoms with van der Waals surface area (Å²) in [5.74, 6) is -1.59. The maximum Gasteiger partial charge on any atom is 0.419 e. The molecule has 6 nitrogen and oxygen atoms in total. The molecule has 0 saturated heterocycles. The van der Waals surface area contributed by atoms with Gasteiger partial charge in [-0.25, -0.2) is 18.7 Å². The molecule has 3 rings (SSSR count). The van der Waals surface area contributed by atoms with Gasteiger partial charge in [-0.05, 0) is 30.5 Å². The zero-order valence-corrected chi connectivity index (χ0v) is 13.7. The number of halogens is 4. The van der Waals surface area contributed by atoms with Crippen molar-refractivity contribution in [1.82, 2.24) is 14.3 Å². The van der Waals surface area contributed by atoms with E-state index in [-0.39, 0.29) is 12.1 Å². The van der Waals surface area contributed by atoms with E-state index < -0.39 is 35.3 Å². The summed E-state index contributed by atoms with van der Waals surface area (Å²) in [7, 11) is 1.21. The number of aromatic nitrogens is 3. The number of methoxy groups -OCH3 is 1. The van der Waals surface area contributed by atoms with Gasteiger partial charge in [-0.2, -0.15) is 18.3 Å². The Kier molecular flexibility index (Phi) is 4.59. The highest BCUT2D eigenvalue weighted by Gasteiger charge is 2.34. The Morgan fingerprint density at radius 2 is 2.12 bits per heavy atom. The van der Waals surface area contributed by atoms with Crippen LogP contribution < -0.4 is 5.69 Å². The van der Waals surface area contributed by atoms with Crippen molar-refractivity contribution in [3.05, 3.63) is 51.5 Å². The van der Waals surface area contributed by atoms with E-state index in [0.717, 1.165) is 10.7 Å². The summed E-state index contributed by atoms with van der Waals surface area (Å²) in [4.78, 5) is 24.4. The number of hydrogen-bond acceptors (Lipinski definition) is 4. The molecule has 2 heterocycles. The van der Waals surface area contributed by atoms with Crippen LogP contribution in [0, 0.1) is 5.82 Å². The summed E-state index contributed by atoms with van der Waals surface area (Å²) in [6, 6.07) is 1.71. The number of carbonyl (C=O) groups excluding carboxylic acids is 1. The second kappa shape index (κ2) is 6.58. The molecule has 0 unspecified atom stereocenters. The van der Waals surface area contributed by atoms with Crippen LogP contribution in [0.2, 0.25) is 0 Å². The fourth-order valence-electron chi connectivity index (χ4n) is 3.05. The first-order valence-electron chi connectivity index (χ1n) is 7.84. The van der Waals surface area contributed by atoms with Gasteiger partial charge in [-0.3, -0.25) is 4.57 Å². The van der Waals surface area contributed by atoms with Crippen LogP contribution in [-0.4, -0.2) is 27.4 Å². The zero-order chi connectivity index (χ0) is 19.1. The molecule has 1 atom stereocenters. The molecule has 0 fully saturated rings. The van der Waals surface area contributed by atoms with Gasteiger partial charge in [0.15, 0.2) is 0 Å². The number of fused-ring (bicyclic) bond motifs is 1. The highest BCUT2D eigenvalue weighted by Crippen LogP contribution is 2.32. The molecule has 2 aromatic rings. The largest absolute Gasteiger partial charge is 0.467 e. The molecule has 1 aliphatic rings. The van der Waals surface area contributed by atoms with Gasteiger partial charge >= 0.3 is 17.8 Å². The highest BCUT2D eigenvalue weighted by atomic mass is 19.4. The minimum atomic E-state index is -4.84. The van der Waals surface area contributed by atoms with Gasteiger partial charge in [0.1, 0.15) is 17.7 Å². The monoisotopic (exact) mass is 373 g/mol. The average molecular weight is 373 g/mol.